The highest BCUT2D eigenvalue weighted by Gasteiger charge is 2.11. The average Bonchev–Trinajstić information content (AvgIpc) is 2.53. The van der Waals surface area contributed by atoms with Crippen LogP contribution in [0.2, 0.25) is 0 Å². The smallest absolute Gasteiger partial charge is 0.0644 e. The van der Waals surface area contributed by atoms with Crippen LogP contribution in [-0.2, 0) is 0 Å². The average molecular weight is 345 g/mol. The number of hydrogen-bond acceptors (Lipinski definition) is 0. The normalized spacial score (nSPS) is 14.2. The van der Waals surface area contributed by atoms with E-state index in [1.807, 2.05) is 0 Å². The van der Waals surface area contributed by atoms with E-state index >= 15 is 0 Å². The lowest BCUT2D eigenvalue weighted by Crippen LogP contribution is -1.96. The lowest BCUT2D eigenvalue weighted by Gasteiger charge is -2.14. The lowest BCUT2D eigenvalue weighted by molar-refractivity contribution is 0.733. The third-order valence-corrected chi connectivity index (χ3v) is 5.36. The maximum absolute atomic E-state index is 3.83. The van der Waals surface area contributed by atoms with Crippen molar-refractivity contribution in [3.63, 3.8) is 0 Å². The number of alkyl halides is 1. The Morgan fingerprint density at radius 2 is 1.10 bits per heavy atom. The fourth-order valence-corrected chi connectivity index (χ4v) is 3.08. The van der Waals surface area contributed by atoms with Crippen LogP contribution in [0, 0.1) is 0 Å². The molecule has 0 heterocycles. The first kappa shape index (κ1) is 16.3. The molecule has 0 N–H and O–H groups in total. The summed E-state index contributed by atoms with van der Waals surface area (Å²) in [5, 5.41) is 0. The quantitative estimate of drug-likeness (QED) is 0.522. The van der Waals surface area contributed by atoms with Gasteiger partial charge in [0.1, 0.15) is 0 Å². The van der Waals surface area contributed by atoms with Crippen LogP contribution in [0.25, 0.3) is 0 Å². The highest BCUT2D eigenvalue weighted by atomic mass is 79.9. The van der Waals surface area contributed by atoms with Gasteiger partial charge in [0.05, 0.1) is 4.83 Å². The first-order chi connectivity index (χ1) is 10.0. The lowest BCUT2D eigenvalue weighted by atomic mass is 9.95. The molecule has 0 spiro atoms. The highest BCUT2D eigenvalue weighted by Crippen LogP contribution is 2.32. The number of halogens is 1. The Bertz CT molecular complexity index is 551. The second-order valence-corrected chi connectivity index (χ2v) is 7.08. The van der Waals surface area contributed by atoms with E-state index in [-0.39, 0.29) is 4.83 Å². The van der Waals surface area contributed by atoms with E-state index in [2.05, 4.69) is 92.2 Å². The van der Waals surface area contributed by atoms with Crippen molar-refractivity contribution in [1.82, 2.24) is 0 Å². The van der Waals surface area contributed by atoms with Crippen LogP contribution in [0.15, 0.2) is 48.5 Å². The molecule has 2 aromatic carbocycles. The Morgan fingerprint density at radius 1 is 0.714 bits per heavy atom. The van der Waals surface area contributed by atoms with Gasteiger partial charge in [-0.25, -0.2) is 0 Å². The number of hydrogen-bond donors (Lipinski definition) is 0. The summed E-state index contributed by atoms with van der Waals surface area (Å²) in [4.78, 5) is 0.268. The standard InChI is InChI=1S/C20H25Br/c1-5-15(4)17-8-12-19(13-9-17)20(21)18-10-6-16(7-11-18)14(2)3/h6-15,20H,5H2,1-4H3. The molecule has 2 rings (SSSR count). The molecule has 2 aromatic rings. The van der Waals surface area contributed by atoms with Gasteiger partial charge in [0.2, 0.25) is 0 Å². The van der Waals surface area contributed by atoms with Gasteiger partial charge < -0.3 is 0 Å². The molecule has 0 saturated carbocycles. The van der Waals surface area contributed by atoms with Gasteiger partial charge in [0, 0.05) is 0 Å². The minimum Gasteiger partial charge on any atom is -0.0786 e. The van der Waals surface area contributed by atoms with E-state index in [4.69, 9.17) is 0 Å². The summed E-state index contributed by atoms with van der Waals surface area (Å²) in [5.74, 6) is 1.22. The van der Waals surface area contributed by atoms with Crippen LogP contribution < -0.4 is 0 Å². The summed E-state index contributed by atoms with van der Waals surface area (Å²) in [5.41, 5.74) is 5.46. The predicted molar refractivity (Wildman–Crippen MR) is 96.4 cm³/mol. The third-order valence-electron chi connectivity index (χ3n) is 4.31. The van der Waals surface area contributed by atoms with E-state index < -0.39 is 0 Å². The van der Waals surface area contributed by atoms with E-state index in [1.54, 1.807) is 0 Å². The fourth-order valence-electron chi connectivity index (χ4n) is 2.47. The molecular weight excluding hydrogens is 320 g/mol. The molecule has 112 valence electrons. The summed E-state index contributed by atoms with van der Waals surface area (Å²) in [6, 6.07) is 18.0. The Morgan fingerprint density at radius 3 is 1.48 bits per heavy atom. The molecule has 21 heavy (non-hydrogen) atoms. The predicted octanol–water partition coefficient (Wildman–Crippen LogP) is 6.81. The summed E-state index contributed by atoms with van der Waals surface area (Å²) in [6.45, 7) is 8.98. The third kappa shape index (κ3) is 3.97. The largest absolute Gasteiger partial charge is 0.0786 e. The van der Waals surface area contributed by atoms with Crippen LogP contribution in [0.3, 0.4) is 0 Å². The zero-order valence-corrected chi connectivity index (χ0v) is 15.0. The Balaban J connectivity index is 2.17. The van der Waals surface area contributed by atoms with Crippen molar-refractivity contribution >= 4 is 15.9 Å². The second-order valence-electron chi connectivity index (χ2n) is 6.16. The summed E-state index contributed by atoms with van der Waals surface area (Å²) < 4.78 is 0. The van der Waals surface area contributed by atoms with Crippen molar-refractivity contribution in [3.8, 4) is 0 Å². The first-order valence-corrected chi connectivity index (χ1v) is 8.78. The van der Waals surface area contributed by atoms with Gasteiger partial charge >= 0.3 is 0 Å². The molecule has 0 radical (unpaired) electrons. The van der Waals surface area contributed by atoms with E-state index in [0.29, 0.717) is 11.8 Å². The van der Waals surface area contributed by atoms with Crippen molar-refractivity contribution in [2.75, 3.05) is 0 Å². The Labute approximate surface area is 137 Å². The Kier molecular flexibility index (Phi) is 5.64. The SMILES string of the molecule is CCC(C)c1ccc(C(Br)c2ccc(C(C)C)cc2)cc1. The Hall–Kier alpha value is -1.08. The van der Waals surface area contributed by atoms with Crippen molar-refractivity contribution < 1.29 is 0 Å². The molecule has 0 bridgehead atoms. The fraction of sp³-hybridized carbons (Fsp3) is 0.400. The maximum atomic E-state index is 3.83. The van der Waals surface area contributed by atoms with Gasteiger partial charge in [-0.2, -0.15) is 0 Å². The van der Waals surface area contributed by atoms with Crippen LogP contribution >= 0.6 is 15.9 Å². The minimum absolute atomic E-state index is 0.268. The molecule has 0 fully saturated rings. The molecular formula is C20H25Br. The summed E-state index contributed by atoms with van der Waals surface area (Å²) >= 11 is 3.83. The number of benzene rings is 2. The topological polar surface area (TPSA) is 0 Å². The molecule has 2 unspecified atom stereocenters. The van der Waals surface area contributed by atoms with Gasteiger partial charge in [-0.05, 0) is 40.5 Å². The molecule has 0 aliphatic rings. The highest BCUT2D eigenvalue weighted by molar-refractivity contribution is 9.09. The van der Waals surface area contributed by atoms with E-state index in [1.165, 1.54) is 28.7 Å². The zero-order chi connectivity index (χ0) is 15.4. The van der Waals surface area contributed by atoms with Crippen LogP contribution in [0.4, 0.5) is 0 Å². The first-order valence-electron chi connectivity index (χ1n) is 7.86. The molecule has 0 aliphatic heterocycles. The van der Waals surface area contributed by atoms with Crippen molar-refractivity contribution in [1.29, 1.82) is 0 Å². The van der Waals surface area contributed by atoms with Crippen LogP contribution in [0.1, 0.15) is 73.0 Å². The van der Waals surface area contributed by atoms with Crippen molar-refractivity contribution in [2.24, 2.45) is 0 Å². The zero-order valence-electron chi connectivity index (χ0n) is 13.4. The van der Waals surface area contributed by atoms with Gasteiger partial charge in [-0.1, -0.05) is 92.2 Å². The van der Waals surface area contributed by atoms with Crippen LogP contribution in [-0.4, -0.2) is 0 Å². The second kappa shape index (κ2) is 7.26. The van der Waals surface area contributed by atoms with E-state index in [0.717, 1.165) is 0 Å². The van der Waals surface area contributed by atoms with Crippen LogP contribution in [0.5, 0.6) is 0 Å². The van der Waals surface area contributed by atoms with E-state index in [9.17, 15) is 0 Å². The van der Waals surface area contributed by atoms with Crippen molar-refractivity contribution in [2.45, 2.75) is 50.8 Å². The monoisotopic (exact) mass is 344 g/mol. The maximum Gasteiger partial charge on any atom is 0.0644 e. The van der Waals surface area contributed by atoms with Gasteiger partial charge in [-0.15, -0.1) is 0 Å². The van der Waals surface area contributed by atoms with Gasteiger partial charge in [-0.3, -0.25) is 0 Å². The molecule has 0 aromatic heterocycles. The minimum atomic E-state index is 0.268. The summed E-state index contributed by atoms with van der Waals surface area (Å²) in [6.07, 6.45) is 1.19. The van der Waals surface area contributed by atoms with Gasteiger partial charge in [0.15, 0.2) is 0 Å². The molecule has 0 aliphatic carbocycles. The van der Waals surface area contributed by atoms with Crippen molar-refractivity contribution in [3.05, 3.63) is 70.8 Å². The molecule has 1 heteroatoms. The molecule has 0 nitrogen and oxygen atoms in total. The summed E-state index contributed by atoms with van der Waals surface area (Å²) in [7, 11) is 0. The molecule has 0 saturated heterocycles. The molecule has 2 atom stereocenters. The molecule has 0 amide bonds. The van der Waals surface area contributed by atoms with Gasteiger partial charge in [0.25, 0.3) is 0 Å². The number of rotatable bonds is 5.